The molecular weight excluding hydrogens is 184 g/mol. The first-order valence-corrected chi connectivity index (χ1v) is 4.30. The summed E-state index contributed by atoms with van der Waals surface area (Å²) in [5.41, 5.74) is 0. The summed E-state index contributed by atoms with van der Waals surface area (Å²) >= 11 is 0. The smallest absolute Gasteiger partial charge is 0.323 e. The van der Waals surface area contributed by atoms with Gasteiger partial charge >= 0.3 is 5.97 Å². The van der Waals surface area contributed by atoms with Crippen LogP contribution in [0.5, 0.6) is 0 Å². The van der Waals surface area contributed by atoms with Gasteiger partial charge in [0.05, 0.1) is 0 Å². The summed E-state index contributed by atoms with van der Waals surface area (Å²) in [6.07, 6.45) is 4.58. The number of aliphatic carboxylic acids is 1. The maximum atomic E-state index is 11.6. The maximum absolute atomic E-state index is 11.6. The molecule has 0 aromatic rings. The van der Waals surface area contributed by atoms with Crippen molar-refractivity contribution in [2.45, 2.75) is 18.9 Å². The molecule has 14 heavy (non-hydrogen) atoms. The normalized spacial score (nSPS) is 21.9. The zero-order valence-electron chi connectivity index (χ0n) is 7.72. The van der Waals surface area contributed by atoms with E-state index in [1.807, 2.05) is 0 Å². The molecule has 1 amide bonds. The van der Waals surface area contributed by atoms with Crippen LogP contribution in [0.15, 0.2) is 17.3 Å². The second kappa shape index (κ2) is 4.55. The minimum absolute atomic E-state index is 0.295. The molecule has 0 saturated carbocycles. The maximum Gasteiger partial charge on any atom is 0.323 e. The molecule has 0 spiro atoms. The fourth-order valence-electron chi connectivity index (χ4n) is 1.29. The van der Waals surface area contributed by atoms with Crippen LogP contribution in [0, 0.1) is 0 Å². The van der Waals surface area contributed by atoms with Crippen LogP contribution in [-0.4, -0.2) is 41.2 Å². The van der Waals surface area contributed by atoms with E-state index in [2.05, 4.69) is 11.7 Å². The SMILES string of the molecule is C=NC1CCC=CN(CC(=O)O)C1=O. The summed E-state index contributed by atoms with van der Waals surface area (Å²) in [7, 11) is 0. The van der Waals surface area contributed by atoms with Crippen molar-refractivity contribution >= 4 is 18.6 Å². The number of carboxylic acid groups (broad SMARTS) is 1. The predicted octanol–water partition coefficient (Wildman–Crippen LogP) is 0.276. The van der Waals surface area contributed by atoms with Crippen molar-refractivity contribution in [3.63, 3.8) is 0 Å². The minimum Gasteiger partial charge on any atom is -0.480 e. The summed E-state index contributed by atoms with van der Waals surface area (Å²) in [5.74, 6) is -1.33. The standard InChI is InChI=1S/C9H12N2O3/c1-10-7-4-2-3-5-11(9(7)14)6-8(12)13/h3,5,7H,1-2,4,6H2,(H,12,13). The summed E-state index contributed by atoms with van der Waals surface area (Å²) in [6, 6.07) is -0.510. The molecule has 0 aliphatic carbocycles. The van der Waals surface area contributed by atoms with E-state index in [4.69, 9.17) is 5.11 Å². The van der Waals surface area contributed by atoms with Gasteiger partial charge < -0.3 is 10.0 Å². The van der Waals surface area contributed by atoms with Crippen molar-refractivity contribution in [1.29, 1.82) is 0 Å². The van der Waals surface area contributed by atoms with E-state index in [1.54, 1.807) is 6.08 Å². The lowest BCUT2D eigenvalue weighted by molar-refractivity contribution is -0.142. The van der Waals surface area contributed by atoms with Crippen molar-refractivity contribution in [2.24, 2.45) is 4.99 Å². The number of rotatable bonds is 3. The minimum atomic E-state index is -1.03. The predicted molar refractivity (Wildman–Crippen MR) is 51.1 cm³/mol. The highest BCUT2D eigenvalue weighted by atomic mass is 16.4. The number of aliphatic imine (C=N–C) groups is 1. The molecule has 5 nitrogen and oxygen atoms in total. The Morgan fingerprint density at radius 3 is 3.07 bits per heavy atom. The highest BCUT2D eigenvalue weighted by molar-refractivity contribution is 5.87. The number of carboxylic acids is 1. The molecule has 0 aromatic carbocycles. The molecule has 1 N–H and O–H groups in total. The molecule has 0 saturated heterocycles. The third kappa shape index (κ3) is 2.42. The lowest BCUT2D eigenvalue weighted by Crippen LogP contribution is -2.36. The van der Waals surface area contributed by atoms with Crippen LogP contribution in [0.1, 0.15) is 12.8 Å². The quantitative estimate of drug-likeness (QED) is 0.659. The molecule has 0 bridgehead atoms. The van der Waals surface area contributed by atoms with Crippen LogP contribution in [0.25, 0.3) is 0 Å². The van der Waals surface area contributed by atoms with Crippen LogP contribution in [0.4, 0.5) is 0 Å². The fraction of sp³-hybridized carbons (Fsp3) is 0.444. The molecular formula is C9H12N2O3. The van der Waals surface area contributed by atoms with Crippen LogP contribution < -0.4 is 0 Å². The highest BCUT2D eigenvalue weighted by Gasteiger charge is 2.24. The van der Waals surface area contributed by atoms with Gasteiger partial charge in [-0.25, -0.2) is 0 Å². The van der Waals surface area contributed by atoms with Gasteiger partial charge in [-0.1, -0.05) is 6.08 Å². The average molecular weight is 196 g/mol. The lowest BCUT2D eigenvalue weighted by atomic mass is 10.1. The number of carbonyl (C=O) groups excluding carboxylic acids is 1. The molecule has 1 aliphatic rings. The Labute approximate surface area is 81.7 Å². The van der Waals surface area contributed by atoms with Gasteiger partial charge in [0.25, 0.3) is 5.91 Å². The highest BCUT2D eigenvalue weighted by Crippen LogP contribution is 2.12. The number of nitrogens with zero attached hydrogens (tertiary/aromatic N) is 2. The second-order valence-electron chi connectivity index (χ2n) is 3.02. The number of allylic oxidation sites excluding steroid dienone is 1. The molecule has 0 radical (unpaired) electrons. The number of amides is 1. The summed E-state index contributed by atoms with van der Waals surface area (Å²) in [4.78, 5) is 26.9. The van der Waals surface area contributed by atoms with Crippen LogP contribution in [-0.2, 0) is 9.59 Å². The number of hydrogen-bond donors (Lipinski definition) is 1. The van der Waals surface area contributed by atoms with Crippen molar-refractivity contribution in [3.8, 4) is 0 Å². The molecule has 1 unspecified atom stereocenters. The molecule has 1 heterocycles. The first-order chi connectivity index (χ1) is 6.65. The van der Waals surface area contributed by atoms with E-state index in [0.29, 0.717) is 12.8 Å². The van der Waals surface area contributed by atoms with E-state index in [-0.39, 0.29) is 12.5 Å². The first-order valence-electron chi connectivity index (χ1n) is 4.30. The molecule has 5 heteroatoms. The second-order valence-corrected chi connectivity index (χ2v) is 3.02. The fourth-order valence-corrected chi connectivity index (χ4v) is 1.29. The molecule has 0 aromatic heterocycles. The summed E-state index contributed by atoms with van der Waals surface area (Å²) < 4.78 is 0. The van der Waals surface area contributed by atoms with Crippen LogP contribution >= 0.6 is 0 Å². The monoisotopic (exact) mass is 196 g/mol. The van der Waals surface area contributed by atoms with Gasteiger partial charge in [-0.15, -0.1) is 0 Å². The topological polar surface area (TPSA) is 70.0 Å². The molecule has 1 aliphatic heterocycles. The van der Waals surface area contributed by atoms with E-state index in [9.17, 15) is 9.59 Å². The first kappa shape index (κ1) is 10.4. The Morgan fingerprint density at radius 1 is 1.79 bits per heavy atom. The van der Waals surface area contributed by atoms with Gasteiger partial charge in [0.2, 0.25) is 0 Å². The van der Waals surface area contributed by atoms with Crippen molar-refractivity contribution in [3.05, 3.63) is 12.3 Å². The molecule has 0 fully saturated rings. The van der Waals surface area contributed by atoms with E-state index in [1.165, 1.54) is 6.20 Å². The Balaban J connectivity index is 2.75. The third-order valence-electron chi connectivity index (χ3n) is 1.99. The number of hydrogen-bond acceptors (Lipinski definition) is 3. The summed E-state index contributed by atoms with van der Waals surface area (Å²) in [6.45, 7) is 3.00. The van der Waals surface area contributed by atoms with Gasteiger partial charge in [-0.2, -0.15) is 0 Å². The largest absolute Gasteiger partial charge is 0.480 e. The molecule has 1 atom stereocenters. The van der Waals surface area contributed by atoms with Crippen molar-refractivity contribution < 1.29 is 14.7 Å². The molecule has 1 rings (SSSR count). The zero-order valence-corrected chi connectivity index (χ0v) is 7.72. The van der Waals surface area contributed by atoms with E-state index >= 15 is 0 Å². The summed E-state index contributed by atoms with van der Waals surface area (Å²) in [5, 5.41) is 8.56. The Morgan fingerprint density at radius 2 is 2.50 bits per heavy atom. The Bertz CT molecular complexity index is 286. The van der Waals surface area contributed by atoms with Gasteiger partial charge in [0.1, 0.15) is 12.6 Å². The van der Waals surface area contributed by atoms with E-state index in [0.717, 1.165) is 4.90 Å². The van der Waals surface area contributed by atoms with Crippen molar-refractivity contribution in [1.82, 2.24) is 4.90 Å². The van der Waals surface area contributed by atoms with Crippen LogP contribution in [0.2, 0.25) is 0 Å². The van der Waals surface area contributed by atoms with Gasteiger partial charge in [-0.05, 0) is 19.6 Å². The van der Waals surface area contributed by atoms with Gasteiger partial charge in [0.15, 0.2) is 0 Å². The number of carbonyl (C=O) groups is 2. The van der Waals surface area contributed by atoms with Crippen LogP contribution in [0.3, 0.4) is 0 Å². The van der Waals surface area contributed by atoms with Gasteiger partial charge in [0, 0.05) is 6.20 Å². The Kier molecular flexibility index (Phi) is 3.39. The lowest BCUT2D eigenvalue weighted by Gasteiger charge is -2.17. The Hall–Kier alpha value is -1.65. The zero-order chi connectivity index (χ0) is 10.6. The van der Waals surface area contributed by atoms with Gasteiger partial charge in [-0.3, -0.25) is 14.6 Å². The molecule has 76 valence electrons. The van der Waals surface area contributed by atoms with E-state index < -0.39 is 12.0 Å². The average Bonchev–Trinajstić information content (AvgIpc) is 2.29. The van der Waals surface area contributed by atoms with Crippen molar-refractivity contribution in [2.75, 3.05) is 6.54 Å². The third-order valence-corrected chi connectivity index (χ3v) is 1.99.